The van der Waals surface area contributed by atoms with Gasteiger partial charge >= 0.3 is 0 Å². The maximum Gasteiger partial charge on any atom is 0.215 e. The highest BCUT2D eigenvalue weighted by atomic mass is 79.9. The second-order valence-corrected chi connectivity index (χ2v) is 3.64. The number of ketones is 1. The molecule has 0 unspecified atom stereocenters. The monoisotopic (exact) mass is 263 g/mol. The molecule has 2 heterocycles. The van der Waals surface area contributed by atoms with Crippen molar-refractivity contribution in [3.63, 3.8) is 0 Å². The molecule has 0 aromatic carbocycles. The summed E-state index contributed by atoms with van der Waals surface area (Å²) in [4.78, 5) is 23.5. The maximum absolute atomic E-state index is 11.9. The van der Waals surface area contributed by atoms with Gasteiger partial charge in [-0.15, -0.1) is 0 Å². The number of halogens is 1. The van der Waals surface area contributed by atoms with Crippen molar-refractivity contribution in [3.05, 3.63) is 52.8 Å². The van der Waals surface area contributed by atoms with Crippen molar-refractivity contribution >= 4 is 21.7 Å². The second-order valence-electron chi connectivity index (χ2n) is 2.79. The predicted molar refractivity (Wildman–Crippen MR) is 57.4 cm³/mol. The van der Waals surface area contributed by atoms with Crippen LogP contribution in [-0.2, 0) is 0 Å². The van der Waals surface area contributed by atoms with Crippen molar-refractivity contribution in [1.29, 1.82) is 0 Å². The molecule has 15 heavy (non-hydrogen) atoms. The van der Waals surface area contributed by atoms with E-state index < -0.39 is 0 Å². The molecular weight excluding hydrogens is 258 g/mol. The summed E-state index contributed by atoms with van der Waals surface area (Å²) in [7, 11) is 0. The van der Waals surface area contributed by atoms with Crippen LogP contribution < -0.4 is 0 Å². The molecule has 0 bridgehead atoms. The lowest BCUT2D eigenvalue weighted by Gasteiger charge is -2.00. The van der Waals surface area contributed by atoms with Gasteiger partial charge in [-0.05, 0) is 28.1 Å². The zero-order valence-electron chi connectivity index (χ0n) is 7.59. The van der Waals surface area contributed by atoms with E-state index in [-0.39, 0.29) is 5.78 Å². The zero-order chi connectivity index (χ0) is 10.7. The molecule has 2 aromatic heterocycles. The molecule has 2 aromatic rings. The number of nitrogens with zero attached hydrogens (tertiary/aromatic N) is 3. The molecule has 4 nitrogen and oxygen atoms in total. The first kappa shape index (κ1) is 9.92. The first-order valence-electron chi connectivity index (χ1n) is 4.19. The summed E-state index contributed by atoms with van der Waals surface area (Å²) in [6, 6.07) is 3.52. The van der Waals surface area contributed by atoms with Crippen LogP contribution in [0.5, 0.6) is 0 Å². The summed E-state index contributed by atoms with van der Waals surface area (Å²) in [5, 5.41) is 0. The van der Waals surface area contributed by atoms with Crippen molar-refractivity contribution in [3.8, 4) is 0 Å². The van der Waals surface area contributed by atoms with E-state index in [4.69, 9.17) is 0 Å². The lowest BCUT2D eigenvalue weighted by molar-refractivity contribution is 0.103. The molecule has 0 radical (unpaired) electrons. The first-order chi connectivity index (χ1) is 7.29. The summed E-state index contributed by atoms with van der Waals surface area (Å²) in [5.41, 5.74) is 0.796. The first-order valence-corrected chi connectivity index (χ1v) is 4.98. The Hall–Kier alpha value is -1.62. The van der Waals surface area contributed by atoms with Gasteiger partial charge in [-0.25, -0.2) is 9.97 Å². The maximum atomic E-state index is 11.9. The third-order valence-corrected chi connectivity index (χ3v) is 2.44. The van der Waals surface area contributed by atoms with E-state index in [0.717, 1.165) is 0 Å². The molecule has 0 N–H and O–H groups in total. The fourth-order valence-corrected chi connectivity index (χ4v) is 1.54. The van der Waals surface area contributed by atoms with Gasteiger partial charge in [0.05, 0.1) is 5.56 Å². The van der Waals surface area contributed by atoms with Crippen LogP contribution in [0.3, 0.4) is 0 Å². The molecule has 0 fully saturated rings. The fourth-order valence-electron chi connectivity index (χ4n) is 1.11. The minimum atomic E-state index is -0.192. The summed E-state index contributed by atoms with van der Waals surface area (Å²) >= 11 is 3.27. The molecule has 5 heteroatoms. The number of hydrogen-bond donors (Lipinski definition) is 0. The van der Waals surface area contributed by atoms with Crippen molar-refractivity contribution in [1.82, 2.24) is 15.0 Å². The van der Waals surface area contributed by atoms with Gasteiger partial charge in [0.25, 0.3) is 0 Å². The van der Waals surface area contributed by atoms with E-state index in [0.29, 0.717) is 15.7 Å². The number of aromatic nitrogens is 3. The summed E-state index contributed by atoms with van der Waals surface area (Å²) in [6.07, 6.45) is 5.89. The third kappa shape index (κ3) is 2.07. The van der Waals surface area contributed by atoms with E-state index in [1.54, 1.807) is 18.3 Å². The SMILES string of the molecule is O=C(c1cncnc1)c1ncccc1Br. The standard InChI is InChI=1S/C10H6BrN3O/c11-8-2-1-3-14-9(8)10(15)7-4-12-6-13-5-7/h1-6H. The van der Waals surface area contributed by atoms with Crippen LogP contribution in [0.2, 0.25) is 0 Å². The average molecular weight is 264 g/mol. The van der Waals surface area contributed by atoms with Crippen molar-refractivity contribution in [2.45, 2.75) is 0 Å². The number of carbonyl (C=O) groups excluding carboxylic acids is 1. The summed E-state index contributed by atoms with van der Waals surface area (Å²) in [5.74, 6) is -0.192. The summed E-state index contributed by atoms with van der Waals surface area (Å²) in [6.45, 7) is 0. The molecule has 0 saturated heterocycles. The Morgan fingerprint density at radius 3 is 2.67 bits per heavy atom. The number of rotatable bonds is 2. The van der Waals surface area contributed by atoms with E-state index in [1.807, 2.05) is 0 Å². The Morgan fingerprint density at radius 2 is 2.00 bits per heavy atom. The lowest BCUT2D eigenvalue weighted by atomic mass is 10.1. The van der Waals surface area contributed by atoms with Crippen LogP contribution in [-0.4, -0.2) is 20.7 Å². The van der Waals surface area contributed by atoms with Gasteiger partial charge in [0.15, 0.2) is 0 Å². The molecular formula is C10H6BrN3O. The average Bonchev–Trinajstić information content (AvgIpc) is 2.30. The smallest absolute Gasteiger partial charge is 0.215 e. The molecule has 0 aliphatic heterocycles. The van der Waals surface area contributed by atoms with E-state index in [1.165, 1.54) is 18.7 Å². The van der Waals surface area contributed by atoms with Crippen molar-refractivity contribution in [2.24, 2.45) is 0 Å². The van der Waals surface area contributed by atoms with Crippen molar-refractivity contribution < 1.29 is 4.79 Å². The number of carbonyl (C=O) groups is 1. The second kappa shape index (κ2) is 4.27. The number of hydrogen-bond acceptors (Lipinski definition) is 4. The van der Waals surface area contributed by atoms with Gasteiger partial charge in [-0.3, -0.25) is 9.78 Å². The zero-order valence-corrected chi connectivity index (χ0v) is 9.18. The third-order valence-electron chi connectivity index (χ3n) is 1.80. The highest BCUT2D eigenvalue weighted by molar-refractivity contribution is 9.10. The molecule has 0 spiro atoms. The minimum absolute atomic E-state index is 0.192. The molecule has 0 amide bonds. The van der Waals surface area contributed by atoms with E-state index in [2.05, 4.69) is 30.9 Å². The van der Waals surface area contributed by atoms with Crippen LogP contribution in [0, 0.1) is 0 Å². The van der Waals surface area contributed by atoms with E-state index >= 15 is 0 Å². The lowest BCUT2D eigenvalue weighted by Crippen LogP contribution is -2.05. The van der Waals surface area contributed by atoms with Crippen LogP contribution in [0.1, 0.15) is 16.1 Å². The fraction of sp³-hybridized carbons (Fsp3) is 0. The van der Waals surface area contributed by atoms with Gasteiger partial charge in [-0.1, -0.05) is 0 Å². The van der Waals surface area contributed by atoms with Gasteiger partial charge in [0.1, 0.15) is 12.0 Å². The van der Waals surface area contributed by atoms with Crippen LogP contribution in [0.4, 0.5) is 0 Å². The Kier molecular flexibility index (Phi) is 2.82. The Morgan fingerprint density at radius 1 is 1.27 bits per heavy atom. The molecule has 0 atom stereocenters. The normalized spacial score (nSPS) is 9.93. The number of pyridine rings is 1. The largest absolute Gasteiger partial charge is 0.287 e. The van der Waals surface area contributed by atoms with Crippen LogP contribution in [0.15, 0.2) is 41.5 Å². The van der Waals surface area contributed by atoms with Gasteiger partial charge in [-0.2, -0.15) is 0 Å². The minimum Gasteiger partial charge on any atom is -0.287 e. The van der Waals surface area contributed by atoms with E-state index in [9.17, 15) is 4.79 Å². The predicted octanol–water partition coefficient (Wildman–Crippen LogP) is 1.87. The summed E-state index contributed by atoms with van der Waals surface area (Å²) < 4.78 is 0.666. The van der Waals surface area contributed by atoms with Gasteiger partial charge in [0, 0.05) is 23.1 Å². The quantitative estimate of drug-likeness (QED) is 0.777. The van der Waals surface area contributed by atoms with Crippen LogP contribution >= 0.6 is 15.9 Å². The highest BCUT2D eigenvalue weighted by Gasteiger charge is 2.13. The molecule has 0 aliphatic carbocycles. The highest BCUT2D eigenvalue weighted by Crippen LogP contribution is 2.16. The molecule has 74 valence electrons. The van der Waals surface area contributed by atoms with Crippen molar-refractivity contribution in [2.75, 3.05) is 0 Å². The molecule has 0 aliphatic rings. The Labute approximate surface area is 94.5 Å². The topological polar surface area (TPSA) is 55.7 Å². The van der Waals surface area contributed by atoms with Gasteiger partial charge < -0.3 is 0 Å². The van der Waals surface area contributed by atoms with Gasteiger partial charge in [0.2, 0.25) is 5.78 Å². The Balaban J connectivity index is 2.42. The molecule has 2 rings (SSSR count). The molecule has 0 saturated carbocycles. The Bertz CT molecular complexity index is 487. The van der Waals surface area contributed by atoms with Crippen LogP contribution in [0.25, 0.3) is 0 Å².